The lowest BCUT2D eigenvalue weighted by Gasteiger charge is -2.22. The minimum absolute atomic E-state index is 0.513. The first kappa shape index (κ1) is 21.1. The fraction of sp³-hybridized carbons (Fsp3) is 1.00. The summed E-state index contributed by atoms with van der Waals surface area (Å²) in [5, 5.41) is 0. The Morgan fingerprint density at radius 2 is 1.52 bits per heavy atom. The zero-order valence-electron chi connectivity index (χ0n) is 14.7. The molecule has 0 radical (unpaired) electrons. The molecule has 2 unspecified atom stereocenters. The van der Waals surface area contributed by atoms with Crippen LogP contribution in [0.25, 0.3) is 0 Å². The maximum atomic E-state index is 12.8. The molecule has 0 rings (SSSR count). The molecule has 0 heterocycles. The fourth-order valence-corrected chi connectivity index (χ4v) is 4.07. The van der Waals surface area contributed by atoms with Gasteiger partial charge in [-0.15, -0.1) is 0 Å². The average molecular weight is 320 g/mol. The van der Waals surface area contributed by atoms with Crippen molar-refractivity contribution in [1.82, 2.24) is 0 Å². The molecule has 0 saturated carbocycles. The molecule has 0 aromatic heterocycles. The van der Waals surface area contributed by atoms with Gasteiger partial charge in [0, 0.05) is 0 Å². The van der Waals surface area contributed by atoms with E-state index < -0.39 is 7.60 Å². The third kappa shape index (κ3) is 11.4. The largest absolute Gasteiger partial charge is 0.330 e. The fourth-order valence-electron chi connectivity index (χ4n) is 2.19. The van der Waals surface area contributed by atoms with Crippen LogP contribution in [0.5, 0.6) is 0 Å². The summed E-state index contributed by atoms with van der Waals surface area (Å²) in [5.74, 6) is 0.513. The lowest BCUT2D eigenvalue weighted by Crippen LogP contribution is -2.10. The van der Waals surface area contributed by atoms with Crippen LogP contribution in [0.15, 0.2) is 0 Å². The number of rotatable bonds is 15. The van der Waals surface area contributed by atoms with Gasteiger partial charge in [-0.3, -0.25) is 4.57 Å². The third-order valence-corrected chi connectivity index (χ3v) is 5.85. The van der Waals surface area contributed by atoms with Crippen molar-refractivity contribution in [1.29, 1.82) is 0 Å². The summed E-state index contributed by atoms with van der Waals surface area (Å²) in [6, 6.07) is 0. The van der Waals surface area contributed by atoms with Crippen molar-refractivity contribution in [2.24, 2.45) is 5.92 Å². The Morgan fingerprint density at radius 3 is 2.10 bits per heavy atom. The summed E-state index contributed by atoms with van der Waals surface area (Å²) < 4.78 is 24.2. The Balaban J connectivity index is 4.27. The standard InChI is InChI=1S/C17H37O3P/c1-5-9-12-14-19-21(18,15-11-7-3)20-16-17(8-4)13-10-6-2/h17H,5-16H2,1-4H3. The van der Waals surface area contributed by atoms with Crippen LogP contribution < -0.4 is 0 Å². The van der Waals surface area contributed by atoms with Crippen molar-refractivity contribution in [2.75, 3.05) is 19.4 Å². The first-order valence-corrected chi connectivity index (χ1v) is 10.7. The molecule has 0 bridgehead atoms. The molecule has 0 aliphatic heterocycles. The Hall–Kier alpha value is 0.150. The maximum Gasteiger partial charge on any atom is 0.330 e. The zero-order chi connectivity index (χ0) is 16.0. The van der Waals surface area contributed by atoms with Crippen LogP contribution in [-0.4, -0.2) is 19.4 Å². The first-order valence-electron chi connectivity index (χ1n) is 8.99. The van der Waals surface area contributed by atoms with E-state index in [0.717, 1.165) is 44.9 Å². The van der Waals surface area contributed by atoms with Crippen LogP contribution in [-0.2, 0) is 13.6 Å². The molecule has 0 fully saturated rings. The lowest BCUT2D eigenvalue weighted by atomic mass is 10.0. The van der Waals surface area contributed by atoms with E-state index in [0.29, 0.717) is 25.3 Å². The first-order chi connectivity index (χ1) is 10.1. The van der Waals surface area contributed by atoms with Gasteiger partial charge < -0.3 is 9.05 Å². The topological polar surface area (TPSA) is 35.5 Å². The van der Waals surface area contributed by atoms with Gasteiger partial charge in [0.05, 0.1) is 19.4 Å². The summed E-state index contributed by atoms with van der Waals surface area (Å²) in [7, 11) is -2.88. The highest BCUT2D eigenvalue weighted by atomic mass is 31.2. The highest BCUT2D eigenvalue weighted by molar-refractivity contribution is 7.53. The molecule has 3 nitrogen and oxygen atoms in total. The Labute approximate surface area is 132 Å². The van der Waals surface area contributed by atoms with E-state index in [-0.39, 0.29) is 0 Å². The minimum atomic E-state index is -2.88. The molecular formula is C17H37O3P. The maximum absolute atomic E-state index is 12.8. The Kier molecular flexibility index (Phi) is 13.9. The van der Waals surface area contributed by atoms with Gasteiger partial charge in [0.1, 0.15) is 0 Å². The van der Waals surface area contributed by atoms with E-state index in [1.165, 1.54) is 12.8 Å². The number of unbranched alkanes of at least 4 members (excludes halogenated alkanes) is 4. The van der Waals surface area contributed by atoms with Crippen molar-refractivity contribution in [2.45, 2.75) is 85.5 Å². The van der Waals surface area contributed by atoms with Gasteiger partial charge in [0.25, 0.3) is 0 Å². The summed E-state index contributed by atoms with van der Waals surface area (Å²) in [6.07, 6.45) is 10.4. The van der Waals surface area contributed by atoms with E-state index in [9.17, 15) is 4.57 Å². The lowest BCUT2D eigenvalue weighted by molar-refractivity contribution is 0.169. The van der Waals surface area contributed by atoms with Crippen LogP contribution in [0.3, 0.4) is 0 Å². The van der Waals surface area contributed by atoms with Crippen molar-refractivity contribution in [3.63, 3.8) is 0 Å². The van der Waals surface area contributed by atoms with Crippen LogP contribution in [0.1, 0.15) is 85.5 Å². The van der Waals surface area contributed by atoms with Crippen LogP contribution >= 0.6 is 7.60 Å². The molecule has 4 heteroatoms. The molecule has 0 aliphatic rings. The van der Waals surface area contributed by atoms with Crippen molar-refractivity contribution in [3.05, 3.63) is 0 Å². The van der Waals surface area contributed by atoms with E-state index in [1.807, 2.05) is 0 Å². The van der Waals surface area contributed by atoms with E-state index >= 15 is 0 Å². The molecular weight excluding hydrogens is 283 g/mol. The van der Waals surface area contributed by atoms with Crippen LogP contribution in [0, 0.1) is 5.92 Å². The van der Waals surface area contributed by atoms with Crippen molar-refractivity contribution in [3.8, 4) is 0 Å². The van der Waals surface area contributed by atoms with Gasteiger partial charge in [-0.25, -0.2) is 0 Å². The second-order valence-corrected chi connectivity index (χ2v) is 8.13. The average Bonchev–Trinajstić information content (AvgIpc) is 2.50. The molecule has 21 heavy (non-hydrogen) atoms. The third-order valence-electron chi connectivity index (χ3n) is 3.87. The van der Waals surface area contributed by atoms with Gasteiger partial charge in [-0.05, 0) is 25.2 Å². The molecule has 2 atom stereocenters. The van der Waals surface area contributed by atoms with Gasteiger partial charge >= 0.3 is 7.60 Å². The second-order valence-electron chi connectivity index (χ2n) is 5.94. The van der Waals surface area contributed by atoms with Gasteiger partial charge in [-0.1, -0.05) is 66.2 Å². The van der Waals surface area contributed by atoms with Crippen LogP contribution in [0.4, 0.5) is 0 Å². The van der Waals surface area contributed by atoms with Gasteiger partial charge in [0.15, 0.2) is 0 Å². The number of hydrogen-bond acceptors (Lipinski definition) is 3. The van der Waals surface area contributed by atoms with Gasteiger partial charge in [-0.2, -0.15) is 0 Å². The minimum Gasteiger partial charge on any atom is -0.309 e. The zero-order valence-corrected chi connectivity index (χ0v) is 15.6. The molecule has 0 N–H and O–H groups in total. The Morgan fingerprint density at radius 1 is 0.857 bits per heavy atom. The number of hydrogen-bond donors (Lipinski definition) is 0. The summed E-state index contributed by atoms with van der Waals surface area (Å²) in [5.41, 5.74) is 0. The molecule has 128 valence electrons. The van der Waals surface area contributed by atoms with E-state index in [1.54, 1.807) is 0 Å². The van der Waals surface area contributed by atoms with Gasteiger partial charge in [0.2, 0.25) is 0 Å². The summed E-state index contributed by atoms with van der Waals surface area (Å²) >= 11 is 0. The monoisotopic (exact) mass is 320 g/mol. The molecule has 0 spiro atoms. The van der Waals surface area contributed by atoms with E-state index in [2.05, 4.69) is 27.7 Å². The molecule has 0 aromatic rings. The molecule has 0 amide bonds. The van der Waals surface area contributed by atoms with E-state index in [4.69, 9.17) is 9.05 Å². The quantitative estimate of drug-likeness (QED) is 0.258. The Bertz CT molecular complexity index is 269. The highest BCUT2D eigenvalue weighted by Crippen LogP contribution is 2.49. The smallest absolute Gasteiger partial charge is 0.309 e. The van der Waals surface area contributed by atoms with Crippen LogP contribution in [0.2, 0.25) is 0 Å². The molecule has 0 saturated heterocycles. The molecule has 0 aromatic carbocycles. The second kappa shape index (κ2) is 13.8. The highest BCUT2D eigenvalue weighted by Gasteiger charge is 2.25. The predicted octanol–water partition coefficient (Wildman–Crippen LogP) is 6.42. The summed E-state index contributed by atoms with van der Waals surface area (Å²) in [4.78, 5) is 0. The molecule has 0 aliphatic carbocycles. The van der Waals surface area contributed by atoms with Crippen molar-refractivity contribution < 1.29 is 13.6 Å². The van der Waals surface area contributed by atoms with Crippen molar-refractivity contribution >= 4 is 7.60 Å². The predicted molar refractivity (Wildman–Crippen MR) is 92.1 cm³/mol. The summed E-state index contributed by atoms with van der Waals surface area (Å²) in [6.45, 7) is 9.81. The SMILES string of the molecule is CCCCCOP(=O)(CCCC)OCC(CC)CCCC. The normalized spacial score (nSPS) is 15.8.